The van der Waals surface area contributed by atoms with E-state index in [0.717, 1.165) is 47.3 Å². The van der Waals surface area contributed by atoms with E-state index in [-0.39, 0.29) is 23.6 Å². The quantitative estimate of drug-likeness (QED) is 0.290. The Morgan fingerprint density at radius 2 is 1.59 bits per heavy atom. The number of rotatable bonds is 10. The highest BCUT2D eigenvalue weighted by Crippen LogP contribution is 2.24. The zero-order valence-corrected chi connectivity index (χ0v) is 22.9. The van der Waals surface area contributed by atoms with Crippen molar-refractivity contribution in [2.45, 2.75) is 69.0 Å². The van der Waals surface area contributed by atoms with Gasteiger partial charge in [0.2, 0.25) is 11.8 Å². The number of hydrogen-bond donors (Lipinski definition) is 1. The number of carbonyl (C=O) groups excluding carboxylic acids is 2. The second-order valence-corrected chi connectivity index (χ2v) is 11.3. The van der Waals surface area contributed by atoms with Crippen LogP contribution in [0.3, 0.4) is 0 Å². The topological polar surface area (TPSA) is 49.4 Å². The lowest BCUT2D eigenvalue weighted by Gasteiger charge is -2.33. The molecule has 37 heavy (non-hydrogen) atoms. The van der Waals surface area contributed by atoms with Crippen molar-refractivity contribution < 1.29 is 9.59 Å². The molecular formula is C31H35ClN2O2S. The number of nitrogens with zero attached hydrogens (tertiary/aromatic N) is 1. The first kappa shape index (κ1) is 27.3. The summed E-state index contributed by atoms with van der Waals surface area (Å²) in [6.07, 6.45) is 5.97. The van der Waals surface area contributed by atoms with Crippen LogP contribution in [0.25, 0.3) is 0 Å². The fraction of sp³-hybridized carbons (Fsp3) is 0.355. The van der Waals surface area contributed by atoms with Gasteiger partial charge in [-0.2, -0.15) is 0 Å². The Morgan fingerprint density at radius 1 is 0.919 bits per heavy atom. The fourth-order valence-electron chi connectivity index (χ4n) is 4.75. The molecule has 3 aromatic carbocycles. The van der Waals surface area contributed by atoms with E-state index in [9.17, 15) is 9.59 Å². The molecule has 1 aliphatic rings. The third-order valence-electron chi connectivity index (χ3n) is 6.87. The summed E-state index contributed by atoms with van der Waals surface area (Å²) < 4.78 is 0. The third-order valence-corrected chi connectivity index (χ3v) is 8.12. The van der Waals surface area contributed by atoms with Gasteiger partial charge in [-0.15, -0.1) is 11.8 Å². The summed E-state index contributed by atoms with van der Waals surface area (Å²) in [5.74, 6) is 0.128. The highest BCUT2D eigenvalue weighted by atomic mass is 35.5. The number of nitrogens with one attached hydrogen (secondary N) is 1. The van der Waals surface area contributed by atoms with Gasteiger partial charge in [0.1, 0.15) is 6.04 Å². The molecule has 0 radical (unpaired) electrons. The van der Waals surface area contributed by atoms with Crippen LogP contribution < -0.4 is 5.32 Å². The second kappa shape index (κ2) is 13.7. The average Bonchev–Trinajstić information content (AvgIpc) is 2.92. The smallest absolute Gasteiger partial charge is 0.243 e. The van der Waals surface area contributed by atoms with E-state index in [2.05, 4.69) is 17.4 Å². The van der Waals surface area contributed by atoms with E-state index in [4.69, 9.17) is 11.6 Å². The van der Waals surface area contributed by atoms with Gasteiger partial charge in [-0.3, -0.25) is 9.59 Å². The van der Waals surface area contributed by atoms with Crippen molar-refractivity contribution in [3.8, 4) is 0 Å². The maximum atomic E-state index is 13.8. The van der Waals surface area contributed by atoms with Crippen molar-refractivity contribution >= 4 is 35.2 Å². The van der Waals surface area contributed by atoms with E-state index in [1.165, 1.54) is 18.2 Å². The Balaban J connectivity index is 1.59. The van der Waals surface area contributed by atoms with Gasteiger partial charge in [-0.05, 0) is 55.2 Å². The monoisotopic (exact) mass is 534 g/mol. The molecule has 0 spiro atoms. The van der Waals surface area contributed by atoms with Crippen molar-refractivity contribution in [2.75, 3.05) is 5.75 Å². The van der Waals surface area contributed by atoms with Crippen LogP contribution >= 0.6 is 23.4 Å². The van der Waals surface area contributed by atoms with Crippen LogP contribution in [-0.4, -0.2) is 34.6 Å². The number of hydrogen-bond acceptors (Lipinski definition) is 3. The first-order chi connectivity index (χ1) is 18.0. The van der Waals surface area contributed by atoms with Gasteiger partial charge >= 0.3 is 0 Å². The summed E-state index contributed by atoms with van der Waals surface area (Å²) >= 11 is 7.50. The summed E-state index contributed by atoms with van der Waals surface area (Å²) in [5, 5.41) is 3.96. The van der Waals surface area contributed by atoms with Gasteiger partial charge < -0.3 is 10.2 Å². The minimum absolute atomic E-state index is 0.0553. The van der Waals surface area contributed by atoms with Gasteiger partial charge in [0.15, 0.2) is 0 Å². The molecule has 0 aromatic heterocycles. The Hall–Kier alpha value is -2.76. The summed E-state index contributed by atoms with van der Waals surface area (Å²) in [4.78, 5) is 30.3. The maximum absolute atomic E-state index is 13.8. The van der Waals surface area contributed by atoms with E-state index in [1.807, 2.05) is 73.7 Å². The molecular weight excluding hydrogens is 500 g/mol. The molecule has 194 valence electrons. The number of halogens is 1. The van der Waals surface area contributed by atoms with E-state index >= 15 is 0 Å². The molecule has 3 aromatic rings. The summed E-state index contributed by atoms with van der Waals surface area (Å²) in [6, 6.07) is 25.2. The Labute approximate surface area is 229 Å². The van der Waals surface area contributed by atoms with Gasteiger partial charge in [-0.1, -0.05) is 91.0 Å². The van der Waals surface area contributed by atoms with Gasteiger partial charge in [0.05, 0.1) is 5.75 Å². The van der Waals surface area contributed by atoms with Crippen molar-refractivity contribution in [2.24, 2.45) is 0 Å². The number of aryl methyl sites for hydroxylation is 1. The normalized spacial score (nSPS) is 14.6. The molecule has 1 fully saturated rings. The Kier molecular flexibility index (Phi) is 10.1. The number of thioether (sulfide) groups is 1. The number of amides is 2. The average molecular weight is 535 g/mol. The molecule has 6 heteroatoms. The predicted octanol–water partition coefficient (Wildman–Crippen LogP) is 6.83. The molecule has 1 aliphatic carbocycles. The van der Waals surface area contributed by atoms with Gasteiger partial charge in [0.25, 0.3) is 0 Å². The molecule has 1 saturated carbocycles. The molecule has 0 bridgehead atoms. The minimum Gasteiger partial charge on any atom is -0.352 e. The van der Waals surface area contributed by atoms with Crippen LogP contribution in [-0.2, 0) is 22.6 Å². The van der Waals surface area contributed by atoms with Crippen LogP contribution in [0.5, 0.6) is 0 Å². The van der Waals surface area contributed by atoms with Crippen LogP contribution in [0.4, 0.5) is 0 Å². The van der Waals surface area contributed by atoms with E-state index in [0.29, 0.717) is 18.0 Å². The first-order valence-electron chi connectivity index (χ1n) is 13.1. The first-order valence-corrected chi connectivity index (χ1v) is 14.4. The second-order valence-electron chi connectivity index (χ2n) is 9.80. The lowest BCUT2D eigenvalue weighted by atomic mass is 9.94. The van der Waals surface area contributed by atoms with Crippen LogP contribution in [0.15, 0.2) is 83.8 Å². The Bertz CT molecular complexity index is 1150. The lowest BCUT2D eigenvalue weighted by molar-refractivity contribution is -0.139. The molecule has 0 aliphatic heterocycles. The standard InChI is InChI=1S/C31H35ClN2O2S/c1-23-12-14-25(15-13-23)21-34(30(35)22-37-28-18-16-26(32)17-19-28)29(20-24-8-4-2-5-9-24)31(36)33-27-10-6-3-7-11-27/h2,4-5,8-9,12-19,27,29H,3,6-7,10-11,20-22H2,1H3,(H,33,36)/t29-/m0/s1. The number of carbonyl (C=O) groups is 2. The van der Waals surface area contributed by atoms with Gasteiger partial charge in [0, 0.05) is 28.9 Å². The molecule has 1 atom stereocenters. The maximum Gasteiger partial charge on any atom is 0.243 e. The highest BCUT2D eigenvalue weighted by molar-refractivity contribution is 8.00. The lowest BCUT2D eigenvalue weighted by Crippen LogP contribution is -2.53. The van der Waals surface area contributed by atoms with E-state index < -0.39 is 6.04 Å². The molecule has 2 amide bonds. The van der Waals surface area contributed by atoms with Crippen LogP contribution in [0.1, 0.15) is 48.8 Å². The zero-order valence-electron chi connectivity index (χ0n) is 21.4. The van der Waals surface area contributed by atoms with Crippen molar-refractivity contribution in [3.63, 3.8) is 0 Å². The fourth-order valence-corrected chi connectivity index (χ4v) is 5.66. The van der Waals surface area contributed by atoms with Crippen LogP contribution in [0, 0.1) is 6.92 Å². The SMILES string of the molecule is Cc1ccc(CN(C(=O)CSc2ccc(Cl)cc2)[C@@H](Cc2ccccc2)C(=O)NC2CCCCC2)cc1. The molecule has 4 rings (SSSR count). The molecule has 0 saturated heterocycles. The number of benzene rings is 3. The largest absolute Gasteiger partial charge is 0.352 e. The zero-order chi connectivity index (χ0) is 26.0. The van der Waals surface area contributed by atoms with Crippen molar-refractivity contribution in [1.82, 2.24) is 10.2 Å². The molecule has 4 nitrogen and oxygen atoms in total. The summed E-state index contributed by atoms with van der Waals surface area (Å²) in [5.41, 5.74) is 3.22. The molecule has 1 N–H and O–H groups in total. The third kappa shape index (κ3) is 8.37. The van der Waals surface area contributed by atoms with Crippen molar-refractivity contribution in [1.29, 1.82) is 0 Å². The summed E-state index contributed by atoms with van der Waals surface area (Å²) in [7, 11) is 0. The highest BCUT2D eigenvalue weighted by Gasteiger charge is 2.31. The summed E-state index contributed by atoms with van der Waals surface area (Å²) in [6.45, 7) is 2.43. The molecule has 0 heterocycles. The Morgan fingerprint density at radius 3 is 2.27 bits per heavy atom. The van der Waals surface area contributed by atoms with Crippen molar-refractivity contribution in [3.05, 3.63) is 101 Å². The van der Waals surface area contributed by atoms with Crippen LogP contribution in [0.2, 0.25) is 5.02 Å². The van der Waals surface area contributed by atoms with Gasteiger partial charge in [-0.25, -0.2) is 0 Å². The minimum atomic E-state index is -0.594. The van der Waals surface area contributed by atoms with E-state index in [1.54, 1.807) is 4.90 Å². The molecule has 0 unspecified atom stereocenters. The predicted molar refractivity (Wildman–Crippen MR) is 153 cm³/mol.